The summed E-state index contributed by atoms with van der Waals surface area (Å²) in [5, 5.41) is 4.13. The van der Waals surface area contributed by atoms with Crippen LogP contribution in [0.15, 0.2) is 42.7 Å². The van der Waals surface area contributed by atoms with Crippen LogP contribution >= 0.6 is 11.6 Å². The van der Waals surface area contributed by atoms with E-state index in [-0.39, 0.29) is 0 Å². The van der Waals surface area contributed by atoms with E-state index in [2.05, 4.69) is 41.5 Å². The van der Waals surface area contributed by atoms with E-state index < -0.39 is 0 Å². The highest BCUT2D eigenvalue weighted by Gasteiger charge is 2.00. The van der Waals surface area contributed by atoms with Gasteiger partial charge in [0.25, 0.3) is 0 Å². The molecule has 0 aliphatic carbocycles. The van der Waals surface area contributed by atoms with E-state index in [1.54, 1.807) is 12.4 Å². The van der Waals surface area contributed by atoms with E-state index in [1.165, 1.54) is 11.1 Å². The molecule has 0 aliphatic heterocycles. The van der Waals surface area contributed by atoms with Crippen molar-refractivity contribution in [1.29, 1.82) is 0 Å². The molecule has 0 spiro atoms. The topological polar surface area (TPSA) is 24.9 Å². The maximum absolute atomic E-state index is 6.04. The molecule has 0 saturated carbocycles. The smallest absolute Gasteiger partial charge is 0.0634 e. The molecule has 1 heterocycles. The third kappa shape index (κ3) is 3.56. The summed E-state index contributed by atoms with van der Waals surface area (Å²) in [4.78, 5) is 3.97. The molecule has 0 fully saturated rings. The summed E-state index contributed by atoms with van der Waals surface area (Å²) in [5.41, 5.74) is 3.84. The van der Waals surface area contributed by atoms with Crippen LogP contribution in [0.5, 0.6) is 0 Å². The number of rotatable bonds is 5. The van der Waals surface area contributed by atoms with E-state index in [4.69, 9.17) is 11.6 Å². The van der Waals surface area contributed by atoms with Crippen molar-refractivity contribution in [2.24, 2.45) is 0 Å². The van der Waals surface area contributed by atoms with Gasteiger partial charge in [-0.2, -0.15) is 0 Å². The zero-order valence-corrected chi connectivity index (χ0v) is 11.2. The third-order valence-electron chi connectivity index (χ3n) is 3.00. The van der Waals surface area contributed by atoms with E-state index in [0.717, 1.165) is 30.1 Å². The van der Waals surface area contributed by atoms with Gasteiger partial charge in [0.2, 0.25) is 0 Å². The molecule has 94 valence electrons. The number of pyridine rings is 1. The monoisotopic (exact) mass is 260 g/mol. The second-order valence-corrected chi connectivity index (χ2v) is 4.73. The summed E-state index contributed by atoms with van der Waals surface area (Å²) in [6, 6.07) is 10.4. The number of benzene rings is 1. The minimum atomic E-state index is 0.723. The molecular formula is C15H17ClN2. The standard InChI is InChI=1S/C15H17ClN2/c1-12-4-2-3-5-13(12)6-8-17-10-14-7-9-18-11-15(14)16/h2-5,7,9,11,17H,6,8,10H2,1H3. The van der Waals surface area contributed by atoms with Crippen molar-refractivity contribution < 1.29 is 0 Å². The lowest BCUT2D eigenvalue weighted by Gasteiger charge is -2.08. The predicted molar refractivity (Wildman–Crippen MR) is 75.8 cm³/mol. The van der Waals surface area contributed by atoms with Crippen molar-refractivity contribution in [3.63, 3.8) is 0 Å². The van der Waals surface area contributed by atoms with Gasteiger partial charge in [0.05, 0.1) is 5.02 Å². The first-order valence-corrected chi connectivity index (χ1v) is 6.49. The fraction of sp³-hybridized carbons (Fsp3) is 0.267. The lowest BCUT2D eigenvalue weighted by atomic mass is 10.1. The fourth-order valence-electron chi connectivity index (χ4n) is 1.88. The minimum Gasteiger partial charge on any atom is -0.312 e. The molecule has 0 bridgehead atoms. The number of nitrogens with zero attached hydrogens (tertiary/aromatic N) is 1. The number of hydrogen-bond acceptors (Lipinski definition) is 2. The Labute approximate surface area is 113 Å². The molecule has 1 aromatic carbocycles. The highest BCUT2D eigenvalue weighted by atomic mass is 35.5. The van der Waals surface area contributed by atoms with E-state index >= 15 is 0 Å². The molecule has 0 atom stereocenters. The zero-order chi connectivity index (χ0) is 12.8. The van der Waals surface area contributed by atoms with E-state index in [1.807, 2.05) is 6.07 Å². The first-order chi connectivity index (χ1) is 8.77. The summed E-state index contributed by atoms with van der Waals surface area (Å²) in [5.74, 6) is 0. The maximum Gasteiger partial charge on any atom is 0.0634 e. The lowest BCUT2D eigenvalue weighted by molar-refractivity contribution is 0.685. The molecule has 0 amide bonds. The molecule has 0 unspecified atom stereocenters. The molecule has 1 N–H and O–H groups in total. The van der Waals surface area contributed by atoms with Crippen LogP contribution < -0.4 is 5.32 Å². The quantitative estimate of drug-likeness (QED) is 0.834. The average Bonchev–Trinajstić information content (AvgIpc) is 2.38. The summed E-state index contributed by atoms with van der Waals surface area (Å²) in [6.45, 7) is 3.88. The molecule has 0 aliphatic rings. The van der Waals surface area contributed by atoms with Gasteiger partial charge in [0.1, 0.15) is 0 Å². The molecule has 1 aromatic heterocycles. The Morgan fingerprint density at radius 2 is 2.00 bits per heavy atom. The van der Waals surface area contributed by atoms with Crippen LogP contribution in [0.25, 0.3) is 0 Å². The van der Waals surface area contributed by atoms with Crippen LogP contribution in [0.4, 0.5) is 0 Å². The van der Waals surface area contributed by atoms with Gasteiger partial charge in [0.15, 0.2) is 0 Å². The second kappa shape index (κ2) is 6.53. The van der Waals surface area contributed by atoms with Gasteiger partial charge in [-0.15, -0.1) is 0 Å². The maximum atomic E-state index is 6.04. The van der Waals surface area contributed by atoms with Crippen LogP contribution in [0.1, 0.15) is 16.7 Å². The zero-order valence-electron chi connectivity index (χ0n) is 10.5. The molecule has 2 aromatic rings. The van der Waals surface area contributed by atoms with Crippen LogP contribution in [-0.4, -0.2) is 11.5 Å². The van der Waals surface area contributed by atoms with E-state index in [0.29, 0.717) is 0 Å². The summed E-state index contributed by atoms with van der Waals surface area (Å²) < 4.78 is 0. The van der Waals surface area contributed by atoms with Crippen molar-refractivity contribution in [1.82, 2.24) is 10.3 Å². The highest BCUT2D eigenvalue weighted by molar-refractivity contribution is 6.31. The van der Waals surface area contributed by atoms with Crippen molar-refractivity contribution >= 4 is 11.6 Å². The second-order valence-electron chi connectivity index (χ2n) is 4.32. The summed E-state index contributed by atoms with van der Waals surface area (Å²) >= 11 is 6.04. The molecular weight excluding hydrogens is 244 g/mol. The first-order valence-electron chi connectivity index (χ1n) is 6.11. The van der Waals surface area contributed by atoms with Gasteiger partial charge >= 0.3 is 0 Å². The molecule has 2 nitrogen and oxygen atoms in total. The molecule has 0 radical (unpaired) electrons. The molecule has 3 heteroatoms. The molecule has 2 rings (SSSR count). The predicted octanol–water partition coefficient (Wildman–Crippen LogP) is 3.38. The fourth-order valence-corrected chi connectivity index (χ4v) is 2.07. The van der Waals surface area contributed by atoms with Crippen LogP contribution in [0.2, 0.25) is 5.02 Å². The van der Waals surface area contributed by atoms with Crippen LogP contribution in [0, 0.1) is 6.92 Å². The number of nitrogens with one attached hydrogen (secondary N) is 1. The Morgan fingerprint density at radius 3 is 2.78 bits per heavy atom. The van der Waals surface area contributed by atoms with E-state index in [9.17, 15) is 0 Å². The lowest BCUT2D eigenvalue weighted by Crippen LogP contribution is -2.17. The van der Waals surface area contributed by atoms with Crippen molar-refractivity contribution in [3.05, 3.63) is 64.4 Å². The normalized spacial score (nSPS) is 10.6. The Bertz CT molecular complexity index is 464. The first kappa shape index (κ1) is 13.1. The largest absolute Gasteiger partial charge is 0.312 e. The van der Waals surface area contributed by atoms with Gasteiger partial charge in [-0.1, -0.05) is 35.9 Å². The Morgan fingerprint density at radius 1 is 1.17 bits per heavy atom. The third-order valence-corrected chi connectivity index (χ3v) is 3.34. The summed E-state index contributed by atoms with van der Waals surface area (Å²) in [7, 11) is 0. The minimum absolute atomic E-state index is 0.723. The average molecular weight is 261 g/mol. The number of hydrogen-bond donors (Lipinski definition) is 1. The highest BCUT2D eigenvalue weighted by Crippen LogP contribution is 2.12. The summed E-state index contributed by atoms with van der Waals surface area (Å²) in [6.07, 6.45) is 4.49. The Kier molecular flexibility index (Phi) is 4.73. The molecule has 18 heavy (non-hydrogen) atoms. The van der Waals surface area contributed by atoms with Gasteiger partial charge in [-0.3, -0.25) is 4.98 Å². The molecule has 0 saturated heterocycles. The van der Waals surface area contributed by atoms with Crippen molar-refractivity contribution in [3.8, 4) is 0 Å². The SMILES string of the molecule is Cc1ccccc1CCNCc1ccncc1Cl. The Hall–Kier alpha value is -1.38. The van der Waals surface area contributed by atoms with Gasteiger partial charge in [0, 0.05) is 18.9 Å². The Balaban J connectivity index is 1.80. The van der Waals surface area contributed by atoms with Gasteiger partial charge < -0.3 is 5.32 Å². The van der Waals surface area contributed by atoms with Crippen molar-refractivity contribution in [2.45, 2.75) is 19.9 Å². The van der Waals surface area contributed by atoms with Crippen LogP contribution in [-0.2, 0) is 13.0 Å². The van der Waals surface area contributed by atoms with Gasteiger partial charge in [-0.25, -0.2) is 0 Å². The van der Waals surface area contributed by atoms with Crippen molar-refractivity contribution in [2.75, 3.05) is 6.54 Å². The number of halogens is 1. The number of aryl methyl sites for hydroxylation is 1. The number of aromatic nitrogens is 1. The van der Waals surface area contributed by atoms with Gasteiger partial charge in [-0.05, 0) is 42.6 Å². The van der Waals surface area contributed by atoms with Crippen LogP contribution in [0.3, 0.4) is 0 Å².